The van der Waals surface area contributed by atoms with Gasteiger partial charge in [0.2, 0.25) is 0 Å². The highest BCUT2D eigenvalue weighted by atomic mass is 16.4. The maximum atomic E-state index is 10.4. The Morgan fingerprint density at radius 1 is 1.41 bits per heavy atom. The smallest absolute Gasteiger partial charge is 0.303 e. The van der Waals surface area contributed by atoms with Gasteiger partial charge in [-0.05, 0) is 31.4 Å². The first-order valence-corrected chi connectivity index (χ1v) is 5.73. The van der Waals surface area contributed by atoms with E-state index in [0.29, 0.717) is 18.7 Å². The molecule has 4 nitrogen and oxygen atoms in total. The molecule has 0 spiro atoms. The van der Waals surface area contributed by atoms with E-state index >= 15 is 0 Å². The van der Waals surface area contributed by atoms with E-state index in [-0.39, 0.29) is 6.42 Å². The van der Waals surface area contributed by atoms with Crippen LogP contribution >= 0.6 is 0 Å². The summed E-state index contributed by atoms with van der Waals surface area (Å²) in [5, 5.41) is 8.52. The predicted molar refractivity (Wildman–Crippen MR) is 63.9 cm³/mol. The fourth-order valence-electron chi connectivity index (χ4n) is 1.79. The Kier molecular flexibility index (Phi) is 3.42. The summed E-state index contributed by atoms with van der Waals surface area (Å²) in [5.74, 6) is -0.0573. The van der Waals surface area contributed by atoms with Gasteiger partial charge in [0.1, 0.15) is 5.52 Å². The lowest BCUT2D eigenvalue weighted by Crippen LogP contribution is -1.94. The van der Waals surface area contributed by atoms with Gasteiger partial charge in [0.25, 0.3) is 0 Å². The van der Waals surface area contributed by atoms with Crippen molar-refractivity contribution in [3.63, 3.8) is 0 Å². The van der Waals surface area contributed by atoms with Crippen LogP contribution in [0.3, 0.4) is 0 Å². The molecule has 90 valence electrons. The molecule has 0 aliphatic carbocycles. The van der Waals surface area contributed by atoms with Gasteiger partial charge in [-0.15, -0.1) is 0 Å². The topological polar surface area (TPSA) is 63.3 Å². The van der Waals surface area contributed by atoms with E-state index in [1.54, 1.807) is 0 Å². The molecular formula is C13H15NO3. The van der Waals surface area contributed by atoms with Gasteiger partial charge in [-0.3, -0.25) is 4.79 Å². The van der Waals surface area contributed by atoms with Crippen molar-refractivity contribution in [1.82, 2.24) is 4.98 Å². The Morgan fingerprint density at radius 2 is 2.24 bits per heavy atom. The first-order valence-electron chi connectivity index (χ1n) is 5.73. The summed E-state index contributed by atoms with van der Waals surface area (Å²) in [7, 11) is 0. The van der Waals surface area contributed by atoms with Gasteiger partial charge in [-0.1, -0.05) is 12.1 Å². The van der Waals surface area contributed by atoms with Crippen molar-refractivity contribution in [3.8, 4) is 0 Å². The molecule has 1 aromatic heterocycles. The summed E-state index contributed by atoms with van der Waals surface area (Å²) in [6, 6.07) is 5.84. The summed E-state index contributed by atoms with van der Waals surface area (Å²) in [6.07, 6.45) is 2.35. The number of carboxylic acids is 1. The number of aromatic nitrogens is 1. The molecular weight excluding hydrogens is 218 g/mol. The molecule has 17 heavy (non-hydrogen) atoms. The van der Waals surface area contributed by atoms with E-state index in [1.165, 1.54) is 0 Å². The normalized spacial score (nSPS) is 10.9. The molecule has 0 aliphatic rings. The van der Waals surface area contributed by atoms with Crippen molar-refractivity contribution in [2.45, 2.75) is 32.6 Å². The van der Waals surface area contributed by atoms with Crippen LogP contribution < -0.4 is 0 Å². The number of unbranched alkanes of at least 4 members (excludes halogenated alkanes) is 1. The molecule has 0 saturated heterocycles. The monoisotopic (exact) mass is 233 g/mol. The number of carboxylic acid groups (broad SMARTS) is 1. The lowest BCUT2D eigenvalue weighted by molar-refractivity contribution is -0.137. The second-order valence-corrected chi connectivity index (χ2v) is 4.13. The summed E-state index contributed by atoms with van der Waals surface area (Å²) in [6.45, 7) is 2.00. The minimum atomic E-state index is -0.751. The van der Waals surface area contributed by atoms with Crippen LogP contribution in [-0.4, -0.2) is 16.1 Å². The highest BCUT2D eigenvalue weighted by Gasteiger charge is 2.07. The number of benzene rings is 1. The molecule has 4 heteroatoms. The van der Waals surface area contributed by atoms with Crippen molar-refractivity contribution in [1.29, 1.82) is 0 Å². The van der Waals surface area contributed by atoms with Gasteiger partial charge in [-0.25, -0.2) is 4.98 Å². The number of aliphatic carboxylic acids is 1. The molecule has 0 saturated carbocycles. The molecule has 0 amide bonds. The first-order chi connectivity index (χ1) is 8.16. The van der Waals surface area contributed by atoms with Crippen LogP contribution in [0.4, 0.5) is 0 Å². The molecule has 2 rings (SSSR count). The van der Waals surface area contributed by atoms with Gasteiger partial charge < -0.3 is 9.52 Å². The van der Waals surface area contributed by atoms with E-state index < -0.39 is 5.97 Å². The van der Waals surface area contributed by atoms with Gasteiger partial charge in [0, 0.05) is 12.8 Å². The number of nitrogens with zero attached hydrogens (tertiary/aromatic N) is 1. The van der Waals surface area contributed by atoms with Crippen molar-refractivity contribution in [3.05, 3.63) is 29.7 Å². The average molecular weight is 233 g/mol. The van der Waals surface area contributed by atoms with E-state index in [2.05, 4.69) is 4.98 Å². The third-order valence-electron chi connectivity index (χ3n) is 2.70. The third-order valence-corrected chi connectivity index (χ3v) is 2.70. The van der Waals surface area contributed by atoms with Gasteiger partial charge in [0.05, 0.1) is 0 Å². The Morgan fingerprint density at radius 3 is 2.94 bits per heavy atom. The number of carbonyl (C=O) groups is 1. The minimum Gasteiger partial charge on any atom is -0.481 e. The second-order valence-electron chi connectivity index (χ2n) is 4.13. The maximum absolute atomic E-state index is 10.4. The molecule has 0 radical (unpaired) electrons. The number of para-hydroxylation sites is 1. The maximum Gasteiger partial charge on any atom is 0.303 e. The number of hydrogen-bond acceptors (Lipinski definition) is 3. The van der Waals surface area contributed by atoms with E-state index in [9.17, 15) is 4.79 Å². The quantitative estimate of drug-likeness (QED) is 0.806. The van der Waals surface area contributed by atoms with Crippen molar-refractivity contribution in [2.24, 2.45) is 0 Å². The van der Waals surface area contributed by atoms with E-state index in [0.717, 1.165) is 23.1 Å². The zero-order valence-electron chi connectivity index (χ0n) is 9.77. The van der Waals surface area contributed by atoms with Gasteiger partial charge in [-0.2, -0.15) is 0 Å². The lowest BCUT2D eigenvalue weighted by atomic mass is 10.2. The number of rotatable bonds is 5. The molecule has 1 heterocycles. The van der Waals surface area contributed by atoms with Gasteiger partial charge in [0.15, 0.2) is 11.5 Å². The zero-order chi connectivity index (χ0) is 12.3. The summed E-state index contributed by atoms with van der Waals surface area (Å²) in [5.41, 5.74) is 2.81. The Balaban J connectivity index is 2.00. The molecule has 0 bridgehead atoms. The fraction of sp³-hybridized carbons (Fsp3) is 0.385. The van der Waals surface area contributed by atoms with Crippen molar-refractivity contribution < 1.29 is 14.3 Å². The largest absolute Gasteiger partial charge is 0.481 e. The number of hydrogen-bond donors (Lipinski definition) is 1. The Labute approximate surface area is 99.3 Å². The molecule has 1 N–H and O–H groups in total. The molecule has 0 atom stereocenters. The molecule has 0 unspecified atom stereocenters. The lowest BCUT2D eigenvalue weighted by Gasteiger charge is -1.93. The standard InChI is InChI=1S/C13H15NO3/c1-9-5-4-6-10-13(9)14-11(17-10)7-2-3-8-12(15)16/h4-6H,2-3,7-8H2,1H3,(H,15,16). The molecule has 2 aromatic rings. The summed E-state index contributed by atoms with van der Waals surface area (Å²) >= 11 is 0. The minimum absolute atomic E-state index is 0.208. The van der Waals surface area contributed by atoms with Crippen molar-refractivity contribution >= 4 is 17.1 Å². The van der Waals surface area contributed by atoms with Gasteiger partial charge >= 0.3 is 5.97 Å². The zero-order valence-corrected chi connectivity index (χ0v) is 9.77. The summed E-state index contributed by atoms with van der Waals surface area (Å²) < 4.78 is 5.60. The average Bonchev–Trinajstić information content (AvgIpc) is 2.69. The SMILES string of the molecule is Cc1cccc2oc(CCCCC(=O)O)nc12. The summed E-state index contributed by atoms with van der Waals surface area (Å²) in [4.78, 5) is 14.8. The van der Waals surface area contributed by atoms with Crippen LogP contribution in [0.25, 0.3) is 11.1 Å². The molecule has 0 aliphatic heterocycles. The van der Waals surface area contributed by atoms with Crippen LogP contribution in [0.5, 0.6) is 0 Å². The highest BCUT2D eigenvalue weighted by Crippen LogP contribution is 2.19. The fourth-order valence-corrected chi connectivity index (χ4v) is 1.79. The van der Waals surface area contributed by atoms with Crippen LogP contribution in [0, 0.1) is 6.92 Å². The second kappa shape index (κ2) is 4.99. The number of fused-ring (bicyclic) bond motifs is 1. The van der Waals surface area contributed by atoms with Crippen LogP contribution in [0.1, 0.15) is 30.7 Å². The Bertz CT molecular complexity index is 530. The highest BCUT2D eigenvalue weighted by molar-refractivity contribution is 5.76. The molecule has 0 fully saturated rings. The van der Waals surface area contributed by atoms with E-state index in [1.807, 2.05) is 25.1 Å². The van der Waals surface area contributed by atoms with Crippen LogP contribution in [0.15, 0.2) is 22.6 Å². The van der Waals surface area contributed by atoms with Crippen LogP contribution in [0.2, 0.25) is 0 Å². The van der Waals surface area contributed by atoms with Crippen molar-refractivity contribution in [2.75, 3.05) is 0 Å². The number of aryl methyl sites for hydroxylation is 2. The Hall–Kier alpha value is -1.84. The first kappa shape index (κ1) is 11.6. The van der Waals surface area contributed by atoms with E-state index in [4.69, 9.17) is 9.52 Å². The third kappa shape index (κ3) is 2.84. The number of oxazole rings is 1. The van der Waals surface area contributed by atoms with Crippen LogP contribution in [-0.2, 0) is 11.2 Å². The molecule has 1 aromatic carbocycles. The predicted octanol–water partition coefficient (Wildman–Crippen LogP) is 2.93.